The van der Waals surface area contributed by atoms with Crippen molar-refractivity contribution in [1.29, 1.82) is 0 Å². The summed E-state index contributed by atoms with van der Waals surface area (Å²) in [7, 11) is 0. The zero-order valence-corrected chi connectivity index (χ0v) is 12.3. The van der Waals surface area contributed by atoms with Crippen LogP contribution < -0.4 is 4.74 Å². The molecule has 0 radical (unpaired) electrons. The third-order valence-corrected chi connectivity index (χ3v) is 3.83. The second kappa shape index (κ2) is 7.41. The fourth-order valence-electron chi connectivity index (χ4n) is 2.41. The monoisotopic (exact) mass is 295 g/mol. The van der Waals surface area contributed by atoms with Crippen molar-refractivity contribution in [2.45, 2.75) is 44.8 Å². The smallest absolute Gasteiger partial charge is 0.263 e. The van der Waals surface area contributed by atoms with Crippen LogP contribution in [0.15, 0.2) is 24.3 Å². The first kappa shape index (κ1) is 15.8. The summed E-state index contributed by atoms with van der Waals surface area (Å²) in [6, 6.07) is 5.91. The van der Waals surface area contributed by atoms with Gasteiger partial charge in [0.1, 0.15) is 11.6 Å². The third kappa shape index (κ3) is 4.17. The van der Waals surface area contributed by atoms with Crippen molar-refractivity contribution in [3.8, 4) is 5.75 Å². The van der Waals surface area contributed by atoms with Crippen LogP contribution >= 0.6 is 0 Å². The Bertz CT molecular complexity index is 459. The molecule has 1 aliphatic carbocycles. The van der Waals surface area contributed by atoms with Crippen molar-refractivity contribution in [3.63, 3.8) is 0 Å². The number of rotatable bonds is 7. The van der Waals surface area contributed by atoms with Gasteiger partial charge in [0.2, 0.25) is 0 Å². The van der Waals surface area contributed by atoms with Crippen LogP contribution in [0.5, 0.6) is 5.75 Å². The Morgan fingerprint density at radius 1 is 1.43 bits per heavy atom. The molecule has 1 fully saturated rings. The van der Waals surface area contributed by atoms with Gasteiger partial charge >= 0.3 is 0 Å². The van der Waals surface area contributed by atoms with Gasteiger partial charge in [0.25, 0.3) is 5.91 Å². The molecule has 1 atom stereocenters. The minimum absolute atomic E-state index is 0.0718. The highest BCUT2D eigenvalue weighted by Gasteiger charge is 2.31. The van der Waals surface area contributed by atoms with Crippen LogP contribution in [-0.4, -0.2) is 41.2 Å². The Morgan fingerprint density at radius 2 is 2.10 bits per heavy atom. The lowest BCUT2D eigenvalue weighted by Gasteiger charge is -2.38. The minimum atomic E-state index is -0.616. The van der Waals surface area contributed by atoms with Gasteiger partial charge < -0.3 is 14.7 Å². The van der Waals surface area contributed by atoms with E-state index in [-0.39, 0.29) is 24.4 Å². The summed E-state index contributed by atoms with van der Waals surface area (Å²) in [5.74, 6) is 0.0748. The number of nitrogens with zero attached hydrogens (tertiary/aromatic N) is 1. The maximum atomic E-state index is 12.9. The molecule has 4 nitrogen and oxygen atoms in total. The largest absolute Gasteiger partial charge is 0.481 e. The topological polar surface area (TPSA) is 49.8 Å². The summed E-state index contributed by atoms with van der Waals surface area (Å²) in [5.41, 5.74) is 0. The van der Waals surface area contributed by atoms with Crippen LogP contribution in [-0.2, 0) is 4.79 Å². The molecule has 2 rings (SSSR count). The Labute approximate surface area is 124 Å². The average Bonchev–Trinajstić information content (AvgIpc) is 2.43. The number of aliphatic hydroxyl groups excluding tert-OH is 1. The number of amides is 1. The van der Waals surface area contributed by atoms with Crippen LogP contribution in [0.1, 0.15) is 32.6 Å². The first-order valence-electron chi connectivity index (χ1n) is 7.45. The summed E-state index contributed by atoms with van der Waals surface area (Å²) in [5, 5.41) is 8.96. The lowest BCUT2D eigenvalue weighted by Crippen LogP contribution is -2.49. The maximum absolute atomic E-state index is 12.9. The zero-order chi connectivity index (χ0) is 15.2. The van der Waals surface area contributed by atoms with Gasteiger partial charge in [0.05, 0.1) is 0 Å². The molecule has 0 heterocycles. The number of aliphatic hydroxyl groups is 1. The standard InChI is InChI=1S/C16H22FNO3/c1-12(21-15-8-6-13(17)7-9-15)16(20)18(10-3-11-19)14-4-2-5-14/h6-9,12,14,19H,2-5,10-11H2,1H3. The van der Waals surface area contributed by atoms with Gasteiger partial charge in [-0.05, 0) is 56.9 Å². The van der Waals surface area contributed by atoms with E-state index in [4.69, 9.17) is 9.84 Å². The van der Waals surface area contributed by atoms with Gasteiger partial charge in [0.15, 0.2) is 6.10 Å². The molecular weight excluding hydrogens is 273 g/mol. The maximum Gasteiger partial charge on any atom is 0.263 e. The van der Waals surface area contributed by atoms with E-state index in [9.17, 15) is 9.18 Å². The molecule has 1 saturated carbocycles. The fraction of sp³-hybridized carbons (Fsp3) is 0.562. The second-order valence-electron chi connectivity index (χ2n) is 5.41. The van der Waals surface area contributed by atoms with E-state index in [0.29, 0.717) is 18.7 Å². The quantitative estimate of drug-likeness (QED) is 0.840. The van der Waals surface area contributed by atoms with Crippen LogP contribution in [0.3, 0.4) is 0 Å². The molecule has 0 aliphatic heterocycles. The Morgan fingerprint density at radius 3 is 2.62 bits per heavy atom. The number of ether oxygens (including phenoxy) is 1. The minimum Gasteiger partial charge on any atom is -0.481 e. The summed E-state index contributed by atoms with van der Waals surface area (Å²) in [6.45, 7) is 2.33. The lowest BCUT2D eigenvalue weighted by atomic mass is 9.91. The van der Waals surface area contributed by atoms with Crippen molar-refractivity contribution in [2.24, 2.45) is 0 Å². The molecule has 1 aromatic carbocycles. The summed E-state index contributed by atoms with van der Waals surface area (Å²) < 4.78 is 18.4. The molecule has 1 amide bonds. The summed E-state index contributed by atoms with van der Waals surface area (Å²) in [4.78, 5) is 14.3. The van der Waals surface area contributed by atoms with E-state index >= 15 is 0 Å². The van der Waals surface area contributed by atoms with Gasteiger partial charge in [-0.25, -0.2) is 4.39 Å². The first-order valence-corrected chi connectivity index (χ1v) is 7.45. The van der Waals surface area contributed by atoms with E-state index in [1.165, 1.54) is 24.3 Å². The predicted octanol–water partition coefficient (Wildman–Crippen LogP) is 2.36. The highest BCUT2D eigenvalue weighted by atomic mass is 19.1. The number of hydrogen-bond donors (Lipinski definition) is 1. The van der Waals surface area contributed by atoms with E-state index in [1.807, 2.05) is 4.90 Å². The van der Waals surface area contributed by atoms with Crippen LogP contribution in [0, 0.1) is 5.82 Å². The highest BCUT2D eigenvalue weighted by Crippen LogP contribution is 2.26. The molecule has 0 spiro atoms. The molecular formula is C16H22FNO3. The molecule has 21 heavy (non-hydrogen) atoms. The molecule has 0 bridgehead atoms. The normalized spacial score (nSPS) is 16.1. The number of halogens is 1. The number of carbonyl (C=O) groups excluding carboxylic acids is 1. The third-order valence-electron chi connectivity index (χ3n) is 3.83. The Hall–Kier alpha value is -1.62. The average molecular weight is 295 g/mol. The zero-order valence-electron chi connectivity index (χ0n) is 12.3. The Kier molecular flexibility index (Phi) is 5.56. The molecule has 1 N–H and O–H groups in total. The van der Waals surface area contributed by atoms with Gasteiger partial charge in [-0.1, -0.05) is 0 Å². The van der Waals surface area contributed by atoms with Crippen LogP contribution in [0.25, 0.3) is 0 Å². The van der Waals surface area contributed by atoms with E-state index in [0.717, 1.165) is 19.3 Å². The molecule has 1 aromatic rings. The van der Waals surface area contributed by atoms with Crippen LogP contribution in [0.2, 0.25) is 0 Å². The van der Waals surface area contributed by atoms with E-state index in [1.54, 1.807) is 6.92 Å². The van der Waals surface area contributed by atoms with E-state index < -0.39 is 6.10 Å². The lowest BCUT2D eigenvalue weighted by molar-refractivity contribution is -0.142. The van der Waals surface area contributed by atoms with Crippen molar-refractivity contribution in [3.05, 3.63) is 30.1 Å². The summed E-state index contributed by atoms with van der Waals surface area (Å²) >= 11 is 0. The molecule has 116 valence electrons. The van der Waals surface area contributed by atoms with Gasteiger partial charge in [0, 0.05) is 19.2 Å². The van der Waals surface area contributed by atoms with Gasteiger partial charge in [-0.15, -0.1) is 0 Å². The van der Waals surface area contributed by atoms with Gasteiger partial charge in [-0.3, -0.25) is 4.79 Å². The molecule has 1 unspecified atom stereocenters. The Balaban J connectivity index is 1.96. The SMILES string of the molecule is CC(Oc1ccc(F)cc1)C(=O)N(CCCO)C1CCC1. The highest BCUT2D eigenvalue weighted by molar-refractivity contribution is 5.81. The number of benzene rings is 1. The van der Waals surface area contributed by atoms with Crippen LogP contribution in [0.4, 0.5) is 4.39 Å². The molecule has 5 heteroatoms. The fourth-order valence-corrected chi connectivity index (χ4v) is 2.41. The summed E-state index contributed by atoms with van der Waals surface area (Å²) in [6.07, 6.45) is 3.13. The molecule has 1 aliphatic rings. The van der Waals surface area contributed by atoms with Crippen molar-refractivity contribution < 1.29 is 19.0 Å². The molecule has 0 saturated heterocycles. The first-order chi connectivity index (χ1) is 10.1. The van der Waals surface area contributed by atoms with Crippen molar-refractivity contribution in [2.75, 3.05) is 13.2 Å². The van der Waals surface area contributed by atoms with E-state index in [2.05, 4.69) is 0 Å². The number of hydrogen-bond acceptors (Lipinski definition) is 3. The van der Waals surface area contributed by atoms with Crippen molar-refractivity contribution in [1.82, 2.24) is 4.90 Å². The molecule has 0 aromatic heterocycles. The number of carbonyl (C=O) groups is 1. The van der Waals surface area contributed by atoms with Gasteiger partial charge in [-0.2, -0.15) is 0 Å². The predicted molar refractivity (Wildman–Crippen MR) is 77.5 cm³/mol. The van der Waals surface area contributed by atoms with Crippen molar-refractivity contribution >= 4 is 5.91 Å². The second-order valence-corrected chi connectivity index (χ2v) is 5.41.